The van der Waals surface area contributed by atoms with Gasteiger partial charge in [0.2, 0.25) is 0 Å². The van der Waals surface area contributed by atoms with Crippen molar-refractivity contribution in [2.75, 3.05) is 32.2 Å². The molecule has 1 aliphatic rings. The standard InChI is InChI=1S/C20H27N3O2/c1-15-12-22(20-7-5-6-10-21-20)13-16(2)23(15)14-17-8-9-18(24-3)19(11-17)25-4/h5-11,15-16H,12-14H2,1-4H3. The molecule has 1 fully saturated rings. The highest BCUT2D eigenvalue weighted by Gasteiger charge is 2.30. The summed E-state index contributed by atoms with van der Waals surface area (Å²) in [6.45, 7) is 7.43. The summed E-state index contributed by atoms with van der Waals surface area (Å²) in [7, 11) is 3.34. The van der Waals surface area contributed by atoms with E-state index in [-0.39, 0.29) is 0 Å². The summed E-state index contributed by atoms with van der Waals surface area (Å²) >= 11 is 0. The van der Waals surface area contributed by atoms with Gasteiger partial charge in [-0.15, -0.1) is 0 Å². The summed E-state index contributed by atoms with van der Waals surface area (Å²) in [5.41, 5.74) is 1.24. The molecule has 2 atom stereocenters. The molecular formula is C20H27N3O2. The van der Waals surface area contributed by atoms with Gasteiger partial charge in [-0.2, -0.15) is 0 Å². The fourth-order valence-corrected chi connectivity index (χ4v) is 3.59. The Morgan fingerprint density at radius 2 is 1.72 bits per heavy atom. The highest BCUT2D eigenvalue weighted by molar-refractivity contribution is 5.43. The van der Waals surface area contributed by atoms with Crippen molar-refractivity contribution >= 4 is 5.82 Å². The molecule has 1 aromatic heterocycles. The fourth-order valence-electron chi connectivity index (χ4n) is 3.59. The lowest BCUT2D eigenvalue weighted by Gasteiger charge is -2.45. The maximum Gasteiger partial charge on any atom is 0.161 e. The molecule has 0 bridgehead atoms. The minimum absolute atomic E-state index is 0.443. The smallest absolute Gasteiger partial charge is 0.161 e. The van der Waals surface area contributed by atoms with E-state index < -0.39 is 0 Å². The molecule has 0 spiro atoms. The largest absolute Gasteiger partial charge is 0.493 e. The molecule has 3 rings (SSSR count). The third-order valence-corrected chi connectivity index (χ3v) is 4.89. The van der Waals surface area contributed by atoms with Crippen LogP contribution in [0.5, 0.6) is 11.5 Å². The maximum atomic E-state index is 5.43. The summed E-state index contributed by atoms with van der Waals surface area (Å²) in [5.74, 6) is 2.62. The zero-order valence-electron chi connectivity index (χ0n) is 15.5. The second-order valence-corrected chi connectivity index (χ2v) is 6.65. The van der Waals surface area contributed by atoms with Crippen LogP contribution in [0.15, 0.2) is 42.6 Å². The van der Waals surface area contributed by atoms with Gasteiger partial charge in [-0.25, -0.2) is 4.98 Å². The van der Waals surface area contributed by atoms with Gasteiger partial charge < -0.3 is 14.4 Å². The second-order valence-electron chi connectivity index (χ2n) is 6.65. The Labute approximate surface area is 150 Å². The average molecular weight is 341 g/mol. The quantitative estimate of drug-likeness (QED) is 0.835. The number of hydrogen-bond donors (Lipinski definition) is 0. The molecule has 0 N–H and O–H groups in total. The van der Waals surface area contributed by atoms with E-state index in [4.69, 9.17) is 9.47 Å². The van der Waals surface area contributed by atoms with Crippen molar-refractivity contribution in [1.82, 2.24) is 9.88 Å². The molecule has 1 aliphatic heterocycles. The van der Waals surface area contributed by atoms with E-state index in [9.17, 15) is 0 Å². The van der Waals surface area contributed by atoms with Gasteiger partial charge in [0.05, 0.1) is 14.2 Å². The number of aromatic nitrogens is 1. The van der Waals surface area contributed by atoms with E-state index in [0.717, 1.165) is 37.0 Å². The molecule has 0 aliphatic carbocycles. The van der Waals surface area contributed by atoms with Crippen molar-refractivity contribution in [2.45, 2.75) is 32.5 Å². The number of benzene rings is 1. The van der Waals surface area contributed by atoms with Crippen molar-refractivity contribution < 1.29 is 9.47 Å². The van der Waals surface area contributed by atoms with Crippen molar-refractivity contribution in [3.63, 3.8) is 0 Å². The lowest BCUT2D eigenvalue weighted by molar-refractivity contribution is 0.122. The molecule has 2 heterocycles. The average Bonchev–Trinajstić information content (AvgIpc) is 2.65. The van der Waals surface area contributed by atoms with Crippen molar-refractivity contribution in [2.24, 2.45) is 0 Å². The number of anilines is 1. The predicted octanol–water partition coefficient (Wildman–Crippen LogP) is 3.20. The van der Waals surface area contributed by atoms with Crippen LogP contribution < -0.4 is 14.4 Å². The van der Waals surface area contributed by atoms with Crippen LogP contribution in [0.3, 0.4) is 0 Å². The fraction of sp³-hybridized carbons (Fsp3) is 0.450. The van der Waals surface area contributed by atoms with E-state index in [1.807, 2.05) is 24.4 Å². The van der Waals surface area contributed by atoms with E-state index in [2.05, 4.69) is 46.8 Å². The molecule has 25 heavy (non-hydrogen) atoms. The van der Waals surface area contributed by atoms with E-state index in [0.29, 0.717) is 12.1 Å². The molecule has 2 unspecified atom stereocenters. The Morgan fingerprint density at radius 1 is 1.00 bits per heavy atom. The van der Waals surface area contributed by atoms with Gasteiger partial charge in [0.15, 0.2) is 11.5 Å². The lowest BCUT2D eigenvalue weighted by Crippen LogP contribution is -2.56. The molecule has 1 saturated heterocycles. The second kappa shape index (κ2) is 7.74. The molecule has 0 radical (unpaired) electrons. The first-order valence-corrected chi connectivity index (χ1v) is 8.75. The number of nitrogens with zero attached hydrogens (tertiary/aromatic N) is 3. The topological polar surface area (TPSA) is 37.8 Å². The molecule has 0 amide bonds. The normalized spacial score (nSPS) is 21.2. The number of rotatable bonds is 5. The minimum Gasteiger partial charge on any atom is -0.493 e. The number of pyridine rings is 1. The Balaban J connectivity index is 1.72. The van der Waals surface area contributed by atoms with E-state index >= 15 is 0 Å². The van der Waals surface area contributed by atoms with Crippen LogP contribution in [0.25, 0.3) is 0 Å². The van der Waals surface area contributed by atoms with Crippen LogP contribution in [-0.4, -0.2) is 49.3 Å². The lowest BCUT2D eigenvalue weighted by atomic mass is 10.1. The summed E-state index contributed by atoms with van der Waals surface area (Å²) in [4.78, 5) is 9.42. The van der Waals surface area contributed by atoms with Crippen LogP contribution in [-0.2, 0) is 6.54 Å². The number of ether oxygens (including phenoxy) is 2. The van der Waals surface area contributed by atoms with Gasteiger partial charge >= 0.3 is 0 Å². The molecule has 5 heteroatoms. The monoisotopic (exact) mass is 341 g/mol. The van der Waals surface area contributed by atoms with Gasteiger partial charge in [-0.3, -0.25) is 4.90 Å². The van der Waals surface area contributed by atoms with E-state index in [1.165, 1.54) is 5.56 Å². The highest BCUT2D eigenvalue weighted by atomic mass is 16.5. The van der Waals surface area contributed by atoms with Gasteiger partial charge in [0.1, 0.15) is 5.82 Å². The van der Waals surface area contributed by atoms with Gasteiger partial charge in [0.25, 0.3) is 0 Å². The Morgan fingerprint density at radius 3 is 2.32 bits per heavy atom. The summed E-state index contributed by atoms with van der Waals surface area (Å²) in [5, 5.41) is 0. The number of piperazine rings is 1. The van der Waals surface area contributed by atoms with Gasteiger partial charge in [-0.05, 0) is 43.7 Å². The highest BCUT2D eigenvalue weighted by Crippen LogP contribution is 2.29. The third-order valence-electron chi connectivity index (χ3n) is 4.89. The zero-order valence-corrected chi connectivity index (χ0v) is 15.5. The van der Waals surface area contributed by atoms with Crippen molar-refractivity contribution in [1.29, 1.82) is 0 Å². The molecule has 134 valence electrons. The minimum atomic E-state index is 0.443. The SMILES string of the molecule is COc1ccc(CN2C(C)CN(c3ccccn3)CC2C)cc1OC. The number of methoxy groups -OCH3 is 2. The van der Waals surface area contributed by atoms with Crippen LogP contribution in [0, 0.1) is 0 Å². The predicted molar refractivity (Wildman–Crippen MR) is 100 cm³/mol. The molecule has 1 aromatic carbocycles. The number of hydrogen-bond acceptors (Lipinski definition) is 5. The van der Waals surface area contributed by atoms with Crippen LogP contribution in [0.2, 0.25) is 0 Å². The van der Waals surface area contributed by atoms with E-state index in [1.54, 1.807) is 14.2 Å². The molecule has 2 aromatic rings. The molecular weight excluding hydrogens is 314 g/mol. The zero-order chi connectivity index (χ0) is 17.8. The first-order chi connectivity index (χ1) is 12.1. The van der Waals surface area contributed by atoms with Crippen LogP contribution in [0.4, 0.5) is 5.82 Å². The van der Waals surface area contributed by atoms with Crippen LogP contribution in [0.1, 0.15) is 19.4 Å². The Bertz CT molecular complexity index is 681. The summed E-state index contributed by atoms with van der Waals surface area (Å²) in [6.07, 6.45) is 1.86. The molecule has 0 saturated carbocycles. The van der Waals surface area contributed by atoms with Gasteiger partial charge in [0, 0.05) is 37.9 Å². The summed E-state index contributed by atoms with van der Waals surface area (Å²) in [6, 6.07) is 13.2. The first-order valence-electron chi connectivity index (χ1n) is 8.75. The first kappa shape index (κ1) is 17.5. The maximum absolute atomic E-state index is 5.43. The third kappa shape index (κ3) is 3.87. The van der Waals surface area contributed by atoms with Crippen molar-refractivity contribution in [3.05, 3.63) is 48.2 Å². The van der Waals surface area contributed by atoms with Crippen molar-refractivity contribution in [3.8, 4) is 11.5 Å². The van der Waals surface area contributed by atoms with Crippen LogP contribution >= 0.6 is 0 Å². The molecule has 5 nitrogen and oxygen atoms in total. The van der Waals surface area contributed by atoms with Gasteiger partial charge in [-0.1, -0.05) is 12.1 Å². The summed E-state index contributed by atoms with van der Waals surface area (Å²) < 4.78 is 10.8. The Kier molecular flexibility index (Phi) is 5.43. The Hall–Kier alpha value is -2.27.